The Bertz CT molecular complexity index is 506. The number of nitrogens with zero attached hydrogens (tertiary/aromatic N) is 2. The molecule has 3 heteroatoms. The topological polar surface area (TPSA) is 16.1 Å². The second-order valence-corrected chi connectivity index (χ2v) is 4.22. The Hall–Kier alpha value is -1.28. The molecule has 0 saturated carbocycles. The van der Waals surface area contributed by atoms with Crippen molar-refractivity contribution in [2.75, 3.05) is 19.0 Å². The fourth-order valence-electron chi connectivity index (χ4n) is 1.72. The van der Waals surface area contributed by atoms with Crippen molar-refractivity contribution < 1.29 is 0 Å². The van der Waals surface area contributed by atoms with Gasteiger partial charge in [0.25, 0.3) is 0 Å². The highest BCUT2D eigenvalue weighted by atomic mass is 35.5. The number of rotatable bonds is 1. The summed E-state index contributed by atoms with van der Waals surface area (Å²) in [5, 5.41) is 1.79. The summed E-state index contributed by atoms with van der Waals surface area (Å²) in [5.41, 5.74) is 3.00. The molecule has 15 heavy (non-hydrogen) atoms. The third-order valence-electron chi connectivity index (χ3n) is 2.37. The predicted molar refractivity (Wildman–Crippen MR) is 65.8 cm³/mol. The molecule has 1 aromatic carbocycles. The number of aryl methyl sites for hydroxylation is 1. The molecule has 0 bridgehead atoms. The van der Waals surface area contributed by atoms with Crippen LogP contribution in [0.5, 0.6) is 0 Å². The monoisotopic (exact) mass is 220 g/mol. The Balaban J connectivity index is 2.85. The summed E-state index contributed by atoms with van der Waals surface area (Å²) in [4.78, 5) is 6.52. The maximum atomic E-state index is 6.24. The molecule has 0 atom stereocenters. The van der Waals surface area contributed by atoms with Gasteiger partial charge in [0.2, 0.25) is 0 Å². The quantitative estimate of drug-likeness (QED) is 0.734. The first-order chi connectivity index (χ1) is 7.09. The highest BCUT2D eigenvalue weighted by molar-refractivity contribution is 6.36. The van der Waals surface area contributed by atoms with Gasteiger partial charge >= 0.3 is 0 Å². The van der Waals surface area contributed by atoms with Crippen molar-refractivity contribution in [3.63, 3.8) is 0 Å². The molecule has 0 N–H and O–H groups in total. The minimum Gasteiger partial charge on any atom is -0.377 e. The molecule has 1 aromatic heterocycles. The molecule has 2 aromatic rings. The van der Waals surface area contributed by atoms with Gasteiger partial charge in [-0.1, -0.05) is 17.7 Å². The van der Waals surface area contributed by atoms with Crippen molar-refractivity contribution in [3.8, 4) is 0 Å². The first kappa shape index (κ1) is 10.2. The Labute approximate surface area is 94.5 Å². The molecule has 1 heterocycles. The van der Waals surface area contributed by atoms with Crippen molar-refractivity contribution in [2.45, 2.75) is 6.92 Å². The third-order valence-corrected chi connectivity index (χ3v) is 2.67. The Kier molecular flexibility index (Phi) is 2.53. The van der Waals surface area contributed by atoms with Crippen LogP contribution in [0.4, 0.5) is 5.69 Å². The highest BCUT2D eigenvalue weighted by Crippen LogP contribution is 2.31. The molecule has 0 aliphatic carbocycles. The Morgan fingerprint density at radius 2 is 2.00 bits per heavy atom. The van der Waals surface area contributed by atoms with Crippen LogP contribution in [-0.4, -0.2) is 19.1 Å². The predicted octanol–water partition coefficient (Wildman–Crippen LogP) is 3.26. The van der Waals surface area contributed by atoms with Gasteiger partial charge in [-0.05, 0) is 25.1 Å². The molecular weight excluding hydrogens is 208 g/mol. The van der Waals surface area contributed by atoms with Crippen LogP contribution >= 0.6 is 11.6 Å². The van der Waals surface area contributed by atoms with Crippen LogP contribution in [-0.2, 0) is 0 Å². The van der Waals surface area contributed by atoms with Gasteiger partial charge in [-0.2, -0.15) is 0 Å². The number of hydrogen-bond donors (Lipinski definition) is 0. The van der Waals surface area contributed by atoms with Gasteiger partial charge in [0, 0.05) is 30.9 Å². The molecule has 0 radical (unpaired) electrons. The average molecular weight is 221 g/mol. The normalized spacial score (nSPS) is 10.7. The number of hydrogen-bond acceptors (Lipinski definition) is 2. The van der Waals surface area contributed by atoms with Crippen molar-refractivity contribution in [1.29, 1.82) is 0 Å². The van der Waals surface area contributed by atoms with Crippen molar-refractivity contribution in [3.05, 3.63) is 35.0 Å². The lowest BCUT2D eigenvalue weighted by molar-refractivity contribution is 1.14. The van der Waals surface area contributed by atoms with Crippen LogP contribution in [0.3, 0.4) is 0 Å². The van der Waals surface area contributed by atoms with Gasteiger partial charge < -0.3 is 4.90 Å². The van der Waals surface area contributed by atoms with Crippen LogP contribution in [0.25, 0.3) is 10.9 Å². The van der Waals surface area contributed by atoms with E-state index < -0.39 is 0 Å². The van der Waals surface area contributed by atoms with E-state index in [1.54, 1.807) is 0 Å². The number of benzene rings is 1. The van der Waals surface area contributed by atoms with E-state index in [4.69, 9.17) is 11.6 Å². The smallest absolute Gasteiger partial charge is 0.0741 e. The van der Waals surface area contributed by atoms with E-state index in [1.165, 1.54) is 0 Å². The lowest BCUT2D eigenvalue weighted by Gasteiger charge is -2.16. The molecule has 0 saturated heterocycles. The maximum Gasteiger partial charge on any atom is 0.0741 e. The number of halogens is 1. The average Bonchev–Trinajstić information content (AvgIpc) is 2.16. The van der Waals surface area contributed by atoms with Gasteiger partial charge in [0.15, 0.2) is 0 Å². The molecule has 0 fully saturated rings. The van der Waals surface area contributed by atoms with Gasteiger partial charge in [0.1, 0.15) is 0 Å². The lowest BCUT2D eigenvalue weighted by Crippen LogP contribution is -2.09. The summed E-state index contributed by atoms with van der Waals surface area (Å²) in [7, 11) is 4.01. The van der Waals surface area contributed by atoms with Crippen molar-refractivity contribution >= 4 is 28.2 Å². The zero-order valence-corrected chi connectivity index (χ0v) is 9.84. The molecule has 2 nitrogen and oxygen atoms in total. The van der Waals surface area contributed by atoms with E-state index in [2.05, 4.69) is 4.98 Å². The summed E-state index contributed by atoms with van der Waals surface area (Å²) in [6.45, 7) is 1.95. The molecule has 0 spiro atoms. The molecule has 78 valence electrons. The minimum atomic E-state index is 0.766. The standard InChI is InChI=1S/C12H13ClN2/c1-8-7-9(13)12-10(14-8)5-4-6-11(12)15(2)3/h4-7H,1-3H3. The number of fused-ring (bicyclic) bond motifs is 1. The minimum absolute atomic E-state index is 0.766. The van der Waals surface area contributed by atoms with Gasteiger partial charge in [0.05, 0.1) is 10.5 Å². The van der Waals surface area contributed by atoms with Gasteiger partial charge in [-0.3, -0.25) is 4.98 Å². The number of aromatic nitrogens is 1. The molecular formula is C12H13ClN2. The van der Waals surface area contributed by atoms with Crippen molar-refractivity contribution in [2.24, 2.45) is 0 Å². The molecule has 0 unspecified atom stereocenters. The van der Waals surface area contributed by atoms with E-state index in [9.17, 15) is 0 Å². The largest absolute Gasteiger partial charge is 0.377 e. The number of anilines is 1. The lowest BCUT2D eigenvalue weighted by atomic mass is 10.1. The maximum absolute atomic E-state index is 6.24. The van der Waals surface area contributed by atoms with E-state index in [0.717, 1.165) is 27.3 Å². The fourth-order valence-corrected chi connectivity index (χ4v) is 2.07. The van der Waals surface area contributed by atoms with Gasteiger partial charge in [-0.25, -0.2) is 0 Å². The van der Waals surface area contributed by atoms with E-state index in [0.29, 0.717) is 0 Å². The summed E-state index contributed by atoms with van der Waals surface area (Å²) in [5.74, 6) is 0. The van der Waals surface area contributed by atoms with E-state index >= 15 is 0 Å². The van der Waals surface area contributed by atoms with E-state index in [1.807, 2.05) is 50.2 Å². The highest BCUT2D eigenvalue weighted by Gasteiger charge is 2.08. The summed E-state index contributed by atoms with van der Waals surface area (Å²) < 4.78 is 0. The second kappa shape index (κ2) is 3.70. The first-order valence-electron chi connectivity index (χ1n) is 4.83. The second-order valence-electron chi connectivity index (χ2n) is 3.81. The fraction of sp³-hybridized carbons (Fsp3) is 0.250. The Morgan fingerprint density at radius 1 is 1.27 bits per heavy atom. The summed E-state index contributed by atoms with van der Waals surface area (Å²) >= 11 is 6.24. The number of pyridine rings is 1. The van der Waals surface area contributed by atoms with E-state index in [-0.39, 0.29) is 0 Å². The molecule has 0 amide bonds. The molecule has 0 aliphatic rings. The SMILES string of the molecule is Cc1cc(Cl)c2c(N(C)C)cccc2n1. The summed E-state index contributed by atoms with van der Waals surface area (Å²) in [6.07, 6.45) is 0. The van der Waals surface area contributed by atoms with Crippen LogP contribution in [0.1, 0.15) is 5.69 Å². The summed E-state index contributed by atoms with van der Waals surface area (Å²) in [6, 6.07) is 7.93. The van der Waals surface area contributed by atoms with Crippen LogP contribution in [0.2, 0.25) is 5.02 Å². The first-order valence-corrected chi connectivity index (χ1v) is 5.20. The van der Waals surface area contributed by atoms with Crippen LogP contribution < -0.4 is 4.90 Å². The van der Waals surface area contributed by atoms with Crippen LogP contribution in [0, 0.1) is 6.92 Å². The zero-order chi connectivity index (χ0) is 11.0. The van der Waals surface area contributed by atoms with Crippen LogP contribution in [0.15, 0.2) is 24.3 Å². The van der Waals surface area contributed by atoms with Crippen molar-refractivity contribution in [1.82, 2.24) is 4.98 Å². The Morgan fingerprint density at radius 3 is 2.67 bits per heavy atom. The molecule has 2 rings (SSSR count). The van der Waals surface area contributed by atoms with Gasteiger partial charge in [-0.15, -0.1) is 0 Å². The third kappa shape index (κ3) is 1.77. The zero-order valence-electron chi connectivity index (χ0n) is 9.08. The molecule has 0 aliphatic heterocycles.